The lowest BCUT2D eigenvalue weighted by atomic mass is 9.81. The van der Waals surface area contributed by atoms with Gasteiger partial charge in [0.1, 0.15) is 0 Å². The molecule has 0 radical (unpaired) electrons. The summed E-state index contributed by atoms with van der Waals surface area (Å²) in [6, 6.07) is 7.75. The van der Waals surface area contributed by atoms with Crippen LogP contribution in [0.5, 0.6) is 0 Å². The highest BCUT2D eigenvalue weighted by atomic mass is 35.5. The zero-order valence-corrected chi connectivity index (χ0v) is 13.5. The molecule has 1 aliphatic carbocycles. The van der Waals surface area contributed by atoms with E-state index in [4.69, 9.17) is 17.3 Å². The predicted molar refractivity (Wildman–Crippen MR) is 87.0 cm³/mol. The first-order valence-corrected chi connectivity index (χ1v) is 8.25. The number of amides is 1. The highest BCUT2D eigenvalue weighted by molar-refractivity contribution is 6.31. The third-order valence-corrected chi connectivity index (χ3v) is 4.91. The van der Waals surface area contributed by atoms with Crippen molar-refractivity contribution in [2.45, 2.75) is 39.2 Å². The quantitative estimate of drug-likeness (QED) is 0.905. The smallest absolute Gasteiger partial charge is 0.225 e. The first-order valence-electron chi connectivity index (χ1n) is 7.88. The van der Waals surface area contributed by atoms with Crippen molar-refractivity contribution in [2.75, 3.05) is 13.1 Å². The van der Waals surface area contributed by atoms with Gasteiger partial charge in [0, 0.05) is 24.0 Å². The van der Waals surface area contributed by atoms with Gasteiger partial charge >= 0.3 is 0 Å². The topological polar surface area (TPSA) is 46.3 Å². The van der Waals surface area contributed by atoms with Crippen LogP contribution in [0, 0.1) is 11.8 Å². The van der Waals surface area contributed by atoms with Crippen LogP contribution in [-0.2, 0) is 11.3 Å². The van der Waals surface area contributed by atoms with Crippen LogP contribution in [0.4, 0.5) is 0 Å². The first-order chi connectivity index (χ1) is 10.2. The average Bonchev–Trinajstić information content (AvgIpc) is 2.53. The minimum absolute atomic E-state index is 0.162. The molecule has 21 heavy (non-hydrogen) atoms. The number of hydrogen-bond donors (Lipinski definition) is 1. The van der Waals surface area contributed by atoms with E-state index in [1.807, 2.05) is 36.1 Å². The summed E-state index contributed by atoms with van der Waals surface area (Å²) in [7, 11) is 0. The molecule has 4 heteroatoms. The molecule has 1 fully saturated rings. The molecule has 1 aromatic rings. The zero-order chi connectivity index (χ0) is 15.2. The number of halogens is 1. The summed E-state index contributed by atoms with van der Waals surface area (Å²) < 4.78 is 0. The lowest BCUT2D eigenvalue weighted by Crippen LogP contribution is -2.37. The van der Waals surface area contributed by atoms with Crippen molar-refractivity contribution in [3.63, 3.8) is 0 Å². The monoisotopic (exact) mass is 308 g/mol. The summed E-state index contributed by atoms with van der Waals surface area (Å²) >= 11 is 6.20. The molecule has 0 heterocycles. The van der Waals surface area contributed by atoms with Crippen molar-refractivity contribution in [1.29, 1.82) is 0 Å². The van der Waals surface area contributed by atoms with Gasteiger partial charge in [-0.15, -0.1) is 0 Å². The molecule has 0 bridgehead atoms. The Bertz CT molecular complexity index is 470. The normalized spacial score (nSPS) is 22.0. The largest absolute Gasteiger partial charge is 0.338 e. The van der Waals surface area contributed by atoms with Crippen LogP contribution in [0.25, 0.3) is 0 Å². The van der Waals surface area contributed by atoms with Crippen molar-refractivity contribution in [2.24, 2.45) is 17.6 Å². The molecule has 0 unspecified atom stereocenters. The number of nitrogens with zero attached hydrogens (tertiary/aromatic N) is 1. The fourth-order valence-electron chi connectivity index (χ4n) is 3.08. The van der Waals surface area contributed by atoms with Gasteiger partial charge in [0.05, 0.1) is 0 Å². The SMILES string of the molecule is CCN(Cc1ccccc1Cl)C(=O)C1CCC(CN)CC1. The lowest BCUT2D eigenvalue weighted by molar-refractivity contribution is -0.137. The minimum Gasteiger partial charge on any atom is -0.338 e. The molecule has 2 N–H and O–H groups in total. The molecule has 0 spiro atoms. The van der Waals surface area contributed by atoms with Gasteiger partial charge in [-0.25, -0.2) is 0 Å². The van der Waals surface area contributed by atoms with Gasteiger partial charge < -0.3 is 10.6 Å². The Morgan fingerprint density at radius 1 is 1.29 bits per heavy atom. The fraction of sp³-hybridized carbons (Fsp3) is 0.588. The molecule has 1 saturated carbocycles. The van der Waals surface area contributed by atoms with E-state index in [2.05, 4.69) is 0 Å². The molecule has 0 atom stereocenters. The second kappa shape index (κ2) is 7.81. The highest BCUT2D eigenvalue weighted by Gasteiger charge is 2.28. The van der Waals surface area contributed by atoms with E-state index in [0.717, 1.165) is 49.4 Å². The Balaban J connectivity index is 1.98. The second-order valence-corrected chi connectivity index (χ2v) is 6.30. The molecule has 0 aromatic heterocycles. The maximum Gasteiger partial charge on any atom is 0.225 e. The molecular formula is C17H25ClN2O. The van der Waals surface area contributed by atoms with Crippen LogP contribution in [0.2, 0.25) is 5.02 Å². The van der Waals surface area contributed by atoms with Crippen molar-refractivity contribution in [1.82, 2.24) is 4.90 Å². The van der Waals surface area contributed by atoms with E-state index >= 15 is 0 Å². The Hall–Kier alpha value is -1.06. The number of carbonyl (C=O) groups is 1. The van der Waals surface area contributed by atoms with Crippen LogP contribution in [-0.4, -0.2) is 23.9 Å². The van der Waals surface area contributed by atoms with Gasteiger partial charge in [0.2, 0.25) is 5.91 Å². The van der Waals surface area contributed by atoms with Gasteiger partial charge in [0.25, 0.3) is 0 Å². The lowest BCUT2D eigenvalue weighted by Gasteiger charge is -2.31. The van der Waals surface area contributed by atoms with E-state index in [1.165, 1.54) is 0 Å². The zero-order valence-electron chi connectivity index (χ0n) is 12.7. The molecule has 1 aliphatic rings. The Morgan fingerprint density at radius 3 is 2.52 bits per heavy atom. The molecule has 0 aliphatic heterocycles. The van der Waals surface area contributed by atoms with E-state index in [-0.39, 0.29) is 11.8 Å². The Morgan fingerprint density at radius 2 is 1.95 bits per heavy atom. The Kier molecular flexibility index (Phi) is 6.07. The molecular weight excluding hydrogens is 284 g/mol. The highest BCUT2D eigenvalue weighted by Crippen LogP contribution is 2.30. The molecule has 3 nitrogen and oxygen atoms in total. The molecule has 116 valence electrons. The fourth-order valence-corrected chi connectivity index (χ4v) is 3.28. The molecule has 1 aromatic carbocycles. The maximum absolute atomic E-state index is 12.7. The summed E-state index contributed by atoms with van der Waals surface area (Å²) in [5, 5.41) is 0.732. The van der Waals surface area contributed by atoms with E-state index in [9.17, 15) is 4.79 Å². The van der Waals surface area contributed by atoms with Crippen LogP contribution in [0.15, 0.2) is 24.3 Å². The van der Waals surface area contributed by atoms with Gasteiger partial charge in [-0.3, -0.25) is 4.79 Å². The average molecular weight is 309 g/mol. The number of rotatable bonds is 5. The van der Waals surface area contributed by atoms with Crippen LogP contribution >= 0.6 is 11.6 Å². The van der Waals surface area contributed by atoms with E-state index in [1.54, 1.807) is 0 Å². The summed E-state index contributed by atoms with van der Waals surface area (Å²) in [6.07, 6.45) is 4.10. The maximum atomic E-state index is 12.7. The predicted octanol–water partition coefficient (Wildman–Crippen LogP) is 3.45. The van der Waals surface area contributed by atoms with Gasteiger partial charge in [0.15, 0.2) is 0 Å². The third-order valence-electron chi connectivity index (χ3n) is 4.54. The van der Waals surface area contributed by atoms with Gasteiger partial charge in [-0.2, -0.15) is 0 Å². The molecule has 2 rings (SSSR count). The van der Waals surface area contributed by atoms with Crippen molar-refractivity contribution >= 4 is 17.5 Å². The Labute approximate surface area is 132 Å². The summed E-state index contributed by atoms with van der Waals surface area (Å²) in [5.74, 6) is 1.04. The minimum atomic E-state index is 0.162. The van der Waals surface area contributed by atoms with E-state index < -0.39 is 0 Å². The second-order valence-electron chi connectivity index (χ2n) is 5.90. The third kappa shape index (κ3) is 4.21. The number of carbonyl (C=O) groups excluding carboxylic acids is 1. The van der Waals surface area contributed by atoms with Crippen molar-refractivity contribution in [3.05, 3.63) is 34.9 Å². The van der Waals surface area contributed by atoms with Crippen LogP contribution in [0.3, 0.4) is 0 Å². The van der Waals surface area contributed by atoms with Crippen molar-refractivity contribution in [3.8, 4) is 0 Å². The first kappa shape index (κ1) is 16.3. The molecule has 0 saturated heterocycles. The summed E-state index contributed by atoms with van der Waals surface area (Å²) in [4.78, 5) is 14.6. The standard InChI is InChI=1S/C17H25ClN2O/c1-2-20(12-15-5-3-4-6-16(15)18)17(21)14-9-7-13(11-19)8-10-14/h3-6,13-14H,2,7-12,19H2,1H3. The van der Waals surface area contributed by atoms with Gasteiger partial charge in [-0.1, -0.05) is 29.8 Å². The molecule has 1 amide bonds. The van der Waals surface area contributed by atoms with E-state index in [0.29, 0.717) is 12.5 Å². The van der Waals surface area contributed by atoms with Gasteiger partial charge in [-0.05, 0) is 56.7 Å². The number of benzene rings is 1. The number of hydrogen-bond acceptors (Lipinski definition) is 2. The summed E-state index contributed by atoms with van der Waals surface area (Å²) in [5.41, 5.74) is 6.74. The van der Waals surface area contributed by atoms with Crippen molar-refractivity contribution < 1.29 is 4.79 Å². The number of nitrogens with two attached hydrogens (primary N) is 1. The summed E-state index contributed by atoms with van der Waals surface area (Å²) in [6.45, 7) is 4.10. The van der Waals surface area contributed by atoms with Crippen LogP contribution in [0.1, 0.15) is 38.2 Å². The van der Waals surface area contributed by atoms with Crippen LogP contribution < -0.4 is 5.73 Å².